The van der Waals surface area contributed by atoms with Gasteiger partial charge in [-0.1, -0.05) is 31.5 Å². The molecular weight excluding hydrogens is 596 g/mol. The number of sulfone groups is 1. The number of benzene rings is 2. The van der Waals surface area contributed by atoms with Gasteiger partial charge in [0, 0.05) is 17.5 Å². The van der Waals surface area contributed by atoms with Crippen LogP contribution in [0.3, 0.4) is 0 Å². The molecule has 0 radical (unpaired) electrons. The lowest BCUT2D eigenvalue weighted by Crippen LogP contribution is -2.56. The molecule has 0 aliphatic heterocycles. The molecule has 2 aliphatic carbocycles. The quantitative estimate of drug-likeness (QED) is 0.286. The number of carbonyl (C=O) groups is 1. The third-order valence-corrected chi connectivity index (χ3v) is 11.2. The lowest BCUT2D eigenvalue weighted by Gasteiger charge is -2.43. The summed E-state index contributed by atoms with van der Waals surface area (Å²) in [6.07, 6.45) is -12.1. The number of alkyl halides is 7. The summed E-state index contributed by atoms with van der Waals surface area (Å²) in [6.45, 7) is 3.34. The van der Waals surface area contributed by atoms with Crippen molar-refractivity contribution in [2.45, 2.75) is 91.6 Å². The summed E-state index contributed by atoms with van der Waals surface area (Å²) in [5, 5.41) is 2.82. The lowest BCUT2D eigenvalue weighted by molar-refractivity contribution is -0.348. The summed E-state index contributed by atoms with van der Waals surface area (Å²) < 4.78 is 136. The van der Waals surface area contributed by atoms with Gasteiger partial charge >= 0.3 is 18.0 Å². The van der Waals surface area contributed by atoms with Crippen LogP contribution in [0.4, 0.5) is 35.1 Å². The summed E-state index contributed by atoms with van der Waals surface area (Å²) in [7, 11) is -4.50. The minimum atomic E-state index is -6.34. The number of rotatable bonds is 7. The second-order valence-electron chi connectivity index (χ2n) is 11.3. The van der Waals surface area contributed by atoms with Crippen LogP contribution in [-0.4, -0.2) is 38.3 Å². The highest BCUT2D eigenvalue weighted by molar-refractivity contribution is 7.92. The van der Waals surface area contributed by atoms with Gasteiger partial charge in [0.25, 0.3) is 0 Å². The van der Waals surface area contributed by atoms with Gasteiger partial charge in [0.05, 0.1) is 10.4 Å². The molecule has 4 rings (SSSR count). The molecule has 42 heavy (non-hydrogen) atoms. The Labute approximate surface area is 237 Å². The van der Waals surface area contributed by atoms with E-state index < -0.39 is 67.4 Å². The Morgan fingerprint density at radius 3 is 2.14 bits per heavy atom. The fourth-order valence-electron chi connectivity index (χ4n) is 6.52. The third-order valence-electron chi connectivity index (χ3n) is 8.58. The average Bonchev–Trinajstić information content (AvgIpc) is 3.27. The van der Waals surface area contributed by atoms with E-state index >= 15 is 0 Å². The second kappa shape index (κ2) is 10.5. The Morgan fingerprint density at radius 1 is 1.00 bits per heavy atom. The molecule has 0 spiro atoms. The zero-order valence-corrected chi connectivity index (χ0v) is 23.5. The monoisotopic (exact) mass is 626 g/mol. The van der Waals surface area contributed by atoms with Gasteiger partial charge in [0.1, 0.15) is 10.6 Å². The van der Waals surface area contributed by atoms with E-state index in [-0.39, 0.29) is 41.7 Å². The molecule has 1 saturated carbocycles. The van der Waals surface area contributed by atoms with Crippen LogP contribution < -0.4 is 11.1 Å². The maximum atomic E-state index is 14.9. The average molecular weight is 627 g/mol. The molecule has 1 fully saturated rings. The van der Waals surface area contributed by atoms with E-state index in [2.05, 4.69) is 5.32 Å². The number of amides is 1. The number of hydrogen-bond donors (Lipinski definition) is 2. The van der Waals surface area contributed by atoms with Crippen molar-refractivity contribution in [2.24, 2.45) is 11.7 Å². The molecule has 0 bridgehead atoms. The first-order valence-electron chi connectivity index (χ1n) is 13.3. The third kappa shape index (κ3) is 4.87. The number of nitrogens with two attached hydrogens (primary N) is 1. The molecule has 1 amide bonds. The Balaban J connectivity index is 1.89. The lowest BCUT2D eigenvalue weighted by atomic mass is 9.73. The van der Waals surface area contributed by atoms with Crippen molar-refractivity contribution in [3.63, 3.8) is 0 Å². The largest absolute Gasteiger partial charge is 0.435 e. The van der Waals surface area contributed by atoms with Crippen molar-refractivity contribution in [1.82, 2.24) is 5.32 Å². The summed E-state index contributed by atoms with van der Waals surface area (Å²) >= 11 is 0. The molecule has 1 unspecified atom stereocenters. The molecule has 2 aromatic rings. The van der Waals surface area contributed by atoms with Crippen LogP contribution in [-0.2, 0) is 31.5 Å². The van der Waals surface area contributed by atoms with Gasteiger partial charge in [0.2, 0.25) is 5.91 Å². The van der Waals surface area contributed by atoms with Crippen molar-refractivity contribution in [2.75, 3.05) is 0 Å². The topological polar surface area (TPSA) is 89.3 Å². The van der Waals surface area contributed by atoms with E-state index in [1.807, 2.05) is 6.92 Å². The van der Waals surface area contributed by atoms with E-state index in [9.17, 15) is 48.3 Å². The first-order chi connectivity index (χ1) is 19.2. The molecule has 0 aromatic heterocycles. The van der Waals surface area contributed by atoms with E-state index in [4.69, 9.17) is 5.73 Å². The van der Waals surface area contributed by atoms with Gasteiger partial charge in [-0.25, -0.2) is 17.2 Å². The summed E-state index contributed by atoms with van der Waals surface area (Å²) in [5.74, 6) is -2.14. The SMILES string of the molecule is CCCC(C)(N)C(=O)N[C@@H]1CC[C@@]2(S(=O)(=O)c3ccc(F)cc3)c3ccc(C(F)(C(F)(F)F)C(F)(F)F)cc3CC[C@@H]12. The number of aryl methyl sites for hydroxylation is 1. The second-order valence-corrected chi connectivity index (χ2v) is 13.5. The fraction of sp³-hybridized carbons (Fsp3) is 0.536. The van der Waals surface area contributed by atoms with Crippen molar-refractivity contribution in [1.29, 1.82) is 0 Å². The van der Waals surface area contributed by atoms with E-state index in [0.29, 0.717) is 25.0 Å². The van der Waals surface area contributed by atoms with Crippen LogP contribution in [0.25, 0.3) is 0 Å². The first kappa shape index (κ1) is 32.2. The van der Waals surface area contributed by atoms with Crippen LogP contribution in [0, 0.1) is 11.7 Å². The van der Waals surface area contributed by atoms with E-state index in [0.717, 1.165) is 30.3 Å². The van der Waals surface area contributed by atoms with Crippen molar-refractivity contribution < 1.29 is 48.3 Å². The van der Waals surface area contributed by atoms with Gasteiger partial charge in [-0.05, 0) is 74.4 Å². The van der Waals surface area contributed by atoms with E-state index in [1.165, 1.54) is 6.92 Å². The maximum absolute atomic E-state index is 14.9. The molecule has 14 heteroatoms. The minimum absolute atomic E-state index is 0.0613. The number of nitrogens with one attached hydrogen (secondary N) is 1. The fourth-order valence-corrected chi connectivity index (χ4v) is 8.99. The van der Waals surface area contributed by atoms with Crippen molar-refractivity contribution in [3.05, 3.63) is 65.0 Å². The number of carbonyl (C=O) groups excluding carboxylic acids is 1. The highest BCUT2D eigenvalue weighted by atomic mass is 32.2. The van der Waals surface area contributed by atoms with E-state index in [1.54, 1.807) is 0 Å². The molecule has 4 atom stereocenters. The summed E-state index contributed by atoms with van der Waals surface area (Å²) in [5.41, 5.74) is -2.79. The highest BCUT2D eigenvalue weighted by Crippen LogP contribution is 2.59. The maximum Gasteiger partial charge on any atom is 0.435 e. The molecular formula is C28H30F8N2O3S. The van der Waals surface area contributed by atoms with Gasteiger partial charge in [0.15, 0.2) is 9.84 Å². The van der Waals surface area contributed by atoms with Crippen LogP contribution in [0.5, 0.6) is 0 Å². The summed E-state index contributed by atoms with van der Waals surface area (Å²) in [6, 6.07) is 4.64. The van der Waals surface area contributed by atoms with Gasteiger partial charge < -0.3 is 11.1 Å². The van der Waals surface area contributed by atoms with Gasteiger partial charge in [-0.3, -0.25) is 4.79 Å². The van der Waals surface area contributed by atoms with Crippen LogP contribution in [0.2, 0.25) is 0 Å². The number of fused-ring (bicyclic) bond motifs is 3. The molecule has 2 aromatic carbocycles. The summed E-state index contributed by atoms with van der Waals surface area (Å²) in [4.78, 5) is 12.7. The number of halogens is 8. The predicted octanol–water partition coefficient (Wildman–Crippen LogP) is 6.14. The smallest absolute Gasteiger partial charge is 0.351 e. The Hall–Kier alpha value is -2.74. The van der Waals surface area contributed by atoms with Gasteiger partial charge in [-0.15, -0.1) is 0 Å². The molecule has 3 N–H and O–H groups in total. The Morgan fingerprint density at radius 2 is 1.60 bits per heavy atom. The first-order valence-corrected chi connectivity index (χ1v) is 14.8. The highest BCUT2D eigenvalue weighted by Gasteiger charge is 2.73. The van der Waals surface area contributed by atoms with Gasteiger partial charge in [-0.2, -0.15) is 26.3 Å². The Kier molecular flexibility index (Phi) is 8.01. The zero-order valence-electron chi connectivity index (χ0n) is 22.7. The Bertz CT molecular complexity index is 1440. The van der Waals surface area contributed by atoms with Crippen LogP contribution >= 0.6 is 0 Å². The zero-order chi connectivity index (χ0) is 31.5. The van der Waals surface area contributed by atoms with Crippen molar-refractivity contribution in [3.8, 4) is 0 Å². The molecule has 0 heterocycles. The molecule has 2 aliphatic rings. The normalized spacial score (nSPS) is 24.5. The molecule has 232 valence electrons. The predicted molar refractivity (Wildman–Crippen MR) is 137 cm³/mol. The number of hydrogen-bond acceptors (Lipinski definition) is 4. The minimum Gasteiger partial charge on any atom is -0.351 e. The standard InChI is InChI=1S/C28H30F8N2O3S/c1-3-13-24(2,37)23(39)38-22-12-14-25(42(40,41)19-8-6-18(29)7-9-19)20-11-5-17(15-16(20)4-10-21(22)25)26(30,27(31,32)33)28(34,35)36/h5-9,11,15,21-22H,3-4,10,12-14,37H2,1-2H3,(H,38,39)/t21-,22+,24?,25+/m0/s1. The molecule has 0 saturated heterocycles. The van der Waals surface area contributed by atoms with Crippen molar-refractivity contribution >= 4 is 15.7 Å². The molecule has 5 nitrogen and oxygen atoms in total. The van der Waals surface area contributed by atoms with Crippen LogP contribution in [0.15, 0.2) is 47.4 Å². The van der Waals surface area contributed by atoms with Crippen LogP contribution in [0.1, 0.15) is 62.6 Å².